The molecular weight excluding hydrogens is 456 g/mol. The second kappa shape index (κ2) is 12.5. The highest BCUT2D eigenvalue weighted by Gasteiger charge is 2.26. The van der Waals surface area contributed by atoms with Crippen LogP contribution in [0.4, 0.5) is 0 Å². The molecule has 3 aromatic carbocycles. The van der Waals surface area contributed by atoms with E-state index < -0.39 is 0 Å². The minimum atomic E-state index is 0.329. The maximum absolute atomic E-state index is 6.06. The van der Waals surface area contributed by atoms with Gasteiger partial charge in [0.1, 0.15) is 11.9 Å². The Hall–Kier alpha value is -3.06. The van der Waals surface area contributed by atoms with Crippen molar-refractivity contribution < 1.29 is 14.2 Å². The number of aryl methyl sites for hydroxylation is 1. The molecule has 37 heavy (non-hydrogen) atoms. The summed E-state index contributed by atoms with van der Waals surface area (Å²) in [6, 6.07) is 21.9. The van der Waals surface area contributed by atoms with Gasteiger partial charge >= 0.3 is 0 Å². The molecule has 0 N–H and O–H groups in total. The molecule has 1 heterocycles. The zero-order valence-electron chi connectivity index (χ0n) is 22.2. The van der Waals surface area contributed by atoms with E-state index in [0.717, 1.165) is 56.0 Å². The van der Waals surface area contributed by atoms with Gasteiger partial charge < -0.3 is 14.2 Å². The zero-order chi connectivity index (χ0) is 25.5. The first-order valence-corrected chi connectivity index (χ1v) is 13.9. The van der Waals surface area contributed by atoms with Crippen molar-refractivity contribution in [1.29, 1.82) is 0 Å². The second-order valence-corrected chi connectivity index (χ2v) is 10.3. The number of ether oxygens (including phenoxy) is 3. The van der Waals surface area contributed by atoms with E-state index in [2.05, 4.69) is 86.4 Å². The van der Waals surface area contributed by atoms with E-state index in [4.69, 9.17) is 14.2 Å². The molecule has 1 fully saturated rings. The maximum atomic E-state index is 6.06. The molecule has 3 heteroatoms. The molecule has 0 aromatic heterocycles. The number of hydrogen-bond donors (Lipinski definition) is 0. The van der Waals surface area contributed by atoms with Gasteiger partial charge in [0.15, 0.2) is 0 Å². The molecule has 0 radical (unpaired) electrons. The summed E-state index contributed by atoms with van der Waals surface area (Å²) in [5.74, 6) is 8.02. The van der Waals surface area contributed by atoms with Crippen LogP contribution in [-0.2, 0) is 15.9 Å². The van der Waals surface area contributed by atoms with Gasteiger partial charge in [0.25, 0.3) is 0 Å². The predicted octanol–water partition coefficient (Wildman–Crippen LogP) is 7.53. The summed E-state index contributed by atoms with van der Waals surface area (Å²) >= 11 is 0. The molecule has 2 atom stereocenters. The standard InChI is InChI=1S/C34H38O3/c1-3-4-5-8-26-9-11-27(12-10-26)13-14-28-15-17-31-32-18-16-29(22-34(32)25(2)33(31)21-28)36-20-7-6-19-35-23-30-24-37-30/h9-12,15-18,21-22,25,30H,3-8,19-20,23-24H2,1-2H3. The Kier molecular flexibility index (Phi) is 8.61. The SMILES string of the molecule is CCCCCc1ccc(C#Cc2ccc3c(c2)C(C)c2cc(OCCCCOCC4CO4)ccc2-3)cc1. The number of benzene rings is 3. The summed E-state index contributed by atoms with van der Waals surface area (Å²) in [4.78, 5) is 0. The lowest BCUT2D eigenvalue weighted by molar-refractivity contribution is 0.110. The third-order valence-corrected chi connectivity index (χ3v) is 7.33. The van der Waals surface area contributed by atoms with Gasteiger partial charge in [-0.15, -0.1) is 0 Å². The van der Waals surface area contributed by atoms with Crippen LogP contribution in [-0.4, -0.2) is 32.5 Å². The molecule has 192 valence electrons. The first-order chi connectivity index (χ1) is 18.2. The number of hydrogen-bond acceptors (Lipinski definition) is 3. The van der Waals surface area contributed by atoms with Crippen molar-refractivity contribution in [2.75, 3.05) is 26.4 Å². The highest BCUT2D eigenvalue weighted by molar-refractivity contribution is 5.80. The molecule has 2 unspecified atom stereocenters. The molecule has 0 saturated carbocycles. The largest absolute Gasteiger partial charge is 0.494 e. The van der Waals surface area contributed by atoms with Crippen LogP contribution in [0.25, 0.3) is 11.1 Å². The Morgan fingerprint density at radius 1 is 0.811 bits per heavy atom. The summed E-state index contributed by atoms with van der Waals surface area (Å²) in [6.45, 7) is 7.59. The van der Waals surface area contributed by atoms with E-state index in [1.54, 1.807) is 0 Å². The lowest BCUT2D eigenvalue weighted by Crippen LogP contribution is -2.05. The van der Waals surface area contributed by atoms with Gasteiger partial charge in [0, 0.05) is 23.7 Å². The topological polar surface area (TPSA) is 31.0 Å². The summed E-state index contributed by atoms with van der Waals surface area (Å²) in [5, 5.41) is 0. The molecule has 0 amide bonds. The Bertz CT molecular complexity index is 1240. The fraction of sp³-hybridized carbons (Fsp3) is 0.412. The van der Waals surface area contributed by atoms with E-state index in [1.165, 1.54) is 47.1 Å². The fourth-order valence-corrected chi connectivity index (χ4v) is 5.00. The molecule has 3 nitrogen and oxygen atoms in total. The smallest absolute Gasteiger partial charge is 0.119 e. The number of epoxide rings is 1. The molecule has 0 bridgehead atoms. The van der Waals surface area contributed by atoms with Crippen LogP contribution < -0.4 is 4.74 Å². The number of unbranched alkanes of at least 4 members (excludes halogenated alkanes) is 3. The fourth-order valence-electron chi connectivity index (χ4n) is 5.00. The molecule has 2 aliphatic rings. The van der Waals surface area contributed by atoms with Crippen molar-refractivity contribution in [2.24, 2.45) is 0 Å². The van der Waals surface area contributed by atoms with Crippen molar-refractivity contribution in [1.82, 2.24) is 0 Å². The Balaban J connectivity index is 1.17. The van der Waals surface area contributed by atoms with Gasteiger partial charge in [0.05, 0.1) is 19.8 Å². The van der Waals surface area contributed by atoms with Crippen LogP contribution >= 0.6 is 0 Å². The Morgan fingerprint density at radius 2 is 1.51 bits per heavy atom. The third-order valence-electron chi connectivity index (χ3n) is 7.33. The lowest BCUT2D eigenvalue weighted by Gasteiger charge is -2.10. The van der Waals surface area contributed by atoms with Crippen LogP contribution in [0.2, 0.25) is 0 Å². The predicted molar refractivity (Wildman–Crippen MR) is 150 cm³/mol. The minimum absolute atomic E-state index is 0.329. The van der Waals surface area contributed by atoms with E-state index in [1.807, 2.05) is 0 Å². The second-order valence-electron chi connectivity index (χ2n) is 10.3. The molecule has 1 aliphatic carbocycles. The molecule has 5 rings (SSSR count). The first kappa shape index (κ1) is 25.6. The average molecular weight is 495 g/mol. The van der Waals surface area contributed by atoms with Crippen molar-refractivity contribution in [2.45, 2.75) is 64.4 Å². The van der Waals surface area contributed by atoms with Crippen LogP contribution in [0.5, 0.6) is 5.75 Å². The van der Waals surface area contributed by atoms with E-state index in [9.17, 15) is 0 Å². The lowest BCUT2D eigenvalue weighted by atomic mass is 9.97. The van der Waals surface area contributed by atoms with Crippen molar-refractivity contribution in [3.05, 3.63) is 88.5 Å². The molecule has 3 aromatic rings. The van der Waals surface area contributed by atoms with E-state index in [0.29, 0.717) is 18.6 Å². The molecular formula is C34H38O3. The summed E-state index contributed by atoms with van der Waals surface area (Å²) in [5.41, 5.74) is 8.85. The van der Waals surface area contributed by atoms with Crippen molar-refractivity contribution in [3.8, 4) is 28.7 Å². The highest BCUT2D eigenvalue weighted by atomic mass is 16.6. The van der Waals surface area contributed by atoms with Crippen LogP contribution in [0.1, 0.15) is 79.7 Å². The highest BCUT2D eigenvalue weighted by Crippen LogP contribution is 2.46. The summed E-state index contributed by atoms with van der Waals surface area (Å²) in [7, 11) is 0. The number of rotatable bonds is 12. The van der Waals surface area contributed by atoms with Crippen LogP contribution in [0, 0.1) is 11.8 Å². The van der Waals surface area contributed by atoms with Gasteiger partial charge in [-0.1, -0.05) is 62.8 Å². The molecule has 1 saturated heterocycles. The Morgan fingerprint density at radius 3 is 2.30 bits per heavy atom. The molecule has 1 aliphatic heterocycles. The minimum Gasteiger partial charge on any atom is -0.494 e. The van der Waals surface area contributed by atoms with Crippen LogP contribution in [0.15, 0.2) is 60.7 Å². The van der Waals surface area contributed by atoms with Gasteiger partial charge in [-0.25, -0.2) is 0 Å². The van der Waals surface area contributed by atoms with Gasteiger partial charge in [-0.2, -0.15) is 0 Å². The van der Waals surface area contributed by atoms with Gasteiger partial charge in [0.2, 0.25) is 0 Å². The molecule has 0 spiro atoms. The van der Waals surface area contributed by atoms with Crippen molar-refractivity contribution >= 4 is 0 Å². The third kappa shape index (κ3) is 6.83. The summed E-state index contributed by atoms with van der Waals surface area (Å²) < 4.78 is 16.8. The van der Waals surface area contributed by atoms with E-state index >= 15 is 0 Å². The van der Waals surface area contributed by atoms with E-state index in [-0.39, 0.29) is 0 Å². The quantitative estimate of drug-likeness (QED) is 0.148. The summed E-state index contributed by atoms with van der Waals surface area (Å²) in [6.07, 6.45) is 7.31. The Labute approximate surface area is 222 Å². The monoisotopic (exact) mass is 494 g/mol. The normalized spacial score (nSPS) is 17.0. The average Bonchev–Trinajstić information content (AvgIpc) is 3.72. The van der Waals surface area contributed by atoms with Crippen LogP contribution in [0.3, 0.4) is 0 Å². The first-order valence-electron chi connectivity index (χ1n) is 13.9. The van der Waals surface area contributed by atoms with Gasteiger partial charge in [-0.3, -0.25) is 0 Å². The zero-order valence-corrected chi connectivity index (χ0v) is 22.2. The van der Waals surface area contributed by atoms with Crippen molar-refractivity contribution in [3.63, 3.8) is 0 Å². The number of fused-ring (bicyclic) bond motifs is 3. The maximum Gasteiger partial charge on any atom is 0.119 e. The van der Waals surface area contributed by atoms with Gasteiger partial charge in [-0.05, 0) is 89.9 Å².